The Kier molecular flexibility index (Phi) is 5.95. The monoisotopic (exact) mass is 267 g/mol. The van der Waals surface area contributed by atoms with Gasteiger partial charge in [-0.15, -0.1) is 0 Å². The molecule has 0 heterocycles. The van der Waals surface area contributed by atoms with E-state index in [2.05, 4.69) is 10.6 Å². The largest absolute Gasteiger partial charge is 0.324 e. The first-order valence-electron chi connectivity index (χ1n) is 6.16. The molecule has 0 fully saturated rings. The number of carbonyl (C=O) groups is 2. The Balaban J connectivity index is 2.81. The molecule has 0 bridgehead atoms. The van der Waals surface area contributed by atoms with Crippen molar-refractivity contribution in [1.82, 2.24) is 0 Å². The Bertz CT molecular complexity index is 463. The second-order valence-corrected chi connectivity index (χ2v) is 4.09. The number of nitrogens with one attached hydrogen (secondary N) is 2. The van der Waals surface area contributed by atoms with Crippen LogP contribution in [0.5, 0.6) is 0 Å². The zero-order valence-corrected chi connectivity index (χ0v) is 10.8. The fourth-order valence-corrected chi connectivity index (χ4v) is 1.48. The first-order valence-corrected chi connectivity index (χ1v) is 6.16. The summed E-state index contributed by atoms with van der Waals surface area (Å²) in [5.41, 5.74) is 5.76. The molecule has 5 nitrogen and oxygen atoms in total. The first kappa shape index (κ1) is 15.1. The fraction of sp³-hybridized carbons (Fsp3) is 0.385. The average molecular weight is 267 g/mol. The molecule has 0 saturated heterocycles. The van der Waals surface area contributed by atoms with Crippen molar-refractivity contribution in [3.05, 3.63) is 24.0 Å². The number of hydrogen-bond donors (Lipinski definition) is 3. The van der Waals surface area contributed by atoms with Crippen LogP contribution in [0.2, 0.25) is 0 Å². The van der Waals surface area contributed by atoms with E-state index in [9.17, 15) is 14.0 Å². The summed E-state index contributed by atoms with van der Waals surface area (Å²) in [6, 6.07) is 3.77. The molecule has 0 atom stereocenters. The normalized spacial score (nSPS) is 10.1. The van der Waals surface area contributed by atoms with Crippen molar-refractivity contribution in [2.45, 2.75) is 26.2 Å². The second-order valence-electron chi connectivity index (χ2n) is 4.09. The van der Waals surface area contributed by atoms with E-state index in [1.807, 2.05) is 6.92 Å². The van der Waals surface area contributed by atoms with Gasteiger partial charge in [0, 0.05) is 6.42 Å². The van der Waals surface area contributed by atoms with Gasteiger partial charge in [-0.1, -0.05) is 13.3 Å². The van der Waals surface area contributed by atoms with Crippen LogP contribution < -0.4 is 16.4 Å². The predicted molar refractivity (Wildman–Crippen MR) is 72.2 cm³/mol. The van der Waals surface area contributed by atoms with Crippen LogP contribution in [0, 0.1) is 5.82 Å². The van der Waals surface area contributed by atoms with E-state index >= 15 is 0 Å². The highest BCUT2D eigenvalue weighted by atomic mass is 19.1. The molecule has 0 aromatic heterocycles. The summed E-state index contributed by atoms with van der Waals surface area (Å²) in [4.78, 5) is 22.9. The van der Waals surface area contributed by atoms with Crippen LogP contribution in [0.4, 0.5) is 15.8 Å². The van der Waals surface area contributed by atoms with Gasteiger partial charge in [0.1, 0.15) is 5.82 Å². The lowest BCUT2D eigenvalue weighted by molar-refractivity contribution is -0.116. The third-order valence-corrected chi connectivity index (χ3v) is 2.47. The Morgan fingerprint density at radius 3 is 2.53 bits per heavy atom. The lowest BCUT2D eigenvalue weighted by Gasteiger charge is -2.12. The van der Waals surface area contributed by atoms with E-state index in [1.54, 1.807) is 0 Å². The van der Waals surface area contributed by atoms with Gasteiger partial charge in [-0.3, -0.25) is 9.59 Å². The number of rotatable bonds is 6. The van der Waals surface area contributed by atoms with E-state index in [1.165, 1.54) is 12.1 Å². The zero-order chi connectivity index (χ0) is 14.3. The number of unbranched alkanes of at least 4 members (excludes halogenated alkanes) is 1. The molecule has 0 unspecified atom stereocenters. The molecule has 0 spiro atoms. The van der Waals surface area contributed by atoms with Crippen LogP contribution in [-0.4, -0.2) is 18.4 Å². The lowest BCUT2D eigenvalue weighted by atomic mass is 10.2. The van der Waals surface area contributed by atoms with E-state index in [4.69, 9.17) is 5.73 Å². The fourth-order valence-electron chi connectivity index (χ4n) is 1.48. The smallest absolute Gasteiger partial charge is 0.238 e. The van der Waals surface area contributed by atoms with E-state index in [-0.39, 0.29) is 18.1 Å². The summed E-state index contributed by atoms with van der Waals surface area (Å²) >= 11 is 0. The van der Waals surface area contributed by atoms with Crippen LogP contribution in [-0.2, 0) is 9.59 Å². The topological polar surface area (TPSA) is 84.2 Å². The van der Waals surface area contributed by atoms with Crippen molar-refractivity contribution < 1.29 is 14.0 Å². The van der Waals surface area contributed by atoms with Crippen molar-refractivity contribution in [3.8, 4) is 0 Å². The third kappa shape index (κ3) is 5.05. The van der Waals surface area contributed by atoms with Crippen molar-refractivity contribution in [2.75, 3.05) is 17.2 Å². The molecule has 1 rings (SSSR count). The van der Waals surface area contributed by atoms with Gasteiger partial charge in [-0.05, 0) is 24.6 Å². The average Bonchev–Trinajstić information content (AvgIpc) is 2.39. The molecule has 19 heavy (non-hydrogen) atoms. The maximum absolute atomic E-state index is 13.1. The summed E-state index contributed by atoms with van der Waals surface area (Å²) in [6.45, 7) is 1.78. The van der Waals surface area contributed by atoms with Crippen LogP contribution in [0.25, 0.3) is 0 Å². The second kappa shape index (κ2) is 7.48. The molecule has 0 radical (unpaired) electrons. The highest BCUT2D eigenvalue weighted by Gasteiger charge is 2.10. The number of anilines is 2. The van der Waals surface area contributed by atoms with Crippen LogP contribution in [0.3, 0.4) is 0 Å². The van der Waals surface area contributed by atoms with Gasteiger partial charge in [0.2, 0.25) is 11.8 Å². The summed E-state index contributed by atoms with van der Waals surface area (Å²) in [6.07, 6.45) is 2.07. The maximum Gasteiger partial charge on any atom is 0.238 e. The van der Waals surface area contributed by atoms with E-state index < -0.39 is 11.7 Å². The Labute approximate surface area is 111 Å². The summed E-state index contributed by atoms with van der Waals surface area (Å²) in [7, 11) is 0. The van der Waals surface area contributed by atoms with Crippen LogP contribution in [0.15, 0.2) is 18.2 Å². The number of benzene rings is 1. The maximum atomic E-state index is 13.1. The molecular formula is C13H18FN3O2. The molecule has 0 aliphatic carbocycles. The highest BCUT2D eigenvalue weighted by Crippen LogP contribution is 2.23. The van der Waals surface area contributed by atoms with Crippen LogP contribution >= 0.6 is 0 Å². The minimum atomic E-state index is -0.501. The van der Waals surface area contributed by atoms with Gasteiger partial charge < -0.3 is 16.4 Å². The Morgan fingerprint density at radius 1 is 1.21 bits per heavy atom. The summed E-state index contributed by atoms with van der Waals surface area (Å²) in [5.74, 6) is -1.12. The van der Waals surface area contributed by atoms with Gasteiger partial charge >= 0.3 is 0 Å². The SMILES string of the molecule is CCCCC(=O)Nc1ccc(F)cc1NC(=O)CN. The van der Waals surface area contributed by atoms with E-state index in [0.29, 0.717) is 12.1 Å². The van der Waals surface area contributed by atoms with Crippen molar-refractivity contribution in [1.29, 1.82) is 0 Å². The lowest BCUT2D eigenvalue weighted by Crippen LogP contribution is -2.23. The Morgan fingerprint density at radius 2 is 1.89 bits per heavy atom. The minimum Gasteiger partial charge on any atom is -0.324 e. The van der Waals surface area contributed by atoms with Gasteiger partial charge in [-0.2, -0.15) is 0 Å². The zero-order valence-electron chi connectivity index (χ0n) is 10.8. The number of halogens is 1. The van der Waals surface area contributed by atoms with Gasteiger partial charge in [0.05, 0.1) is 17.9 Å². The molecule has 1 aromatic rings. The van der Waals surface area contributed by atoms with Gasteiger partial charge in [0.15, 0.2) is 0 Å². The quantitative estimate of drug-likeness (QED) is 0.735. The Hall–Kier alpha value is -1.95. The molecule has 6 heteroatoms. The molecule has 104 valence electrons. The highest BCUT2D eigenvalue weighted by molar-refractivity contribution is 6.00. The predicted octanol–water partition coefficient (Wildman–Crippen LogP) is 1.85. The van der Waals surface area contributed by atoms with Gasteiger partial charge in [0.25, 0.3) is 0 Å². The molecule has 1 aromatic carbocycles. The van der Waals surface area contributed by atoms with Crippen molar-refractivity contribution in [3.63, 3.8) is 0 Å². The van der Waals surface area contributed by atoms with Crippen LogP contribution in [0.1, 0.15) is 26.2 Å². The molecule has 0 aliphatic rings. The number of carbonyl (C=O) groups excluding carboxylic acids is 2. The van der Waals surface area contributed by atoms with E-state index in [0.717, 1.165) is 18.9 Å². The molecule has 0 aliphatic heterocycles. The number of amides is 2. The summed E-state index contributed by atoms with van der Waals surface area (Å²) < 4.78 is 13.1. The minimum absolute atomic E-state index is 0.170. The molecular weight excluding hydrogens is 249 g/mol. The molecule has 2 amide bonds. The summed E-state index contributed by atoms with van der Waals surface area (Å²) in [5, 5.41) is 5.08. The molecule has 4 N–H and O–H groups in total. The standard InChI is InChI=1S/C13H18FN3O2/c1-2-3-4-12(18)16-10-6-5-9(14)7-11(10)17-13(19)8-15/h5-7H,2-4,8,15H2,1H3,(H,16,18)(H,17,19). The number of nitrogens with two attached hydrogens (primary N) is 1. The third-order valence-electron chi connectivity index (χ3n) is 2.47. The first-order chi connectivity index (χ1) is 9.06. The van der Waals surface area contributed by atoms with Gasteiger partial charge in [-0.25, -0.2) is 4.39 Å². The number of hydrogen-bond acceptors (Lipinski definition) is 3. The van der Waals surface area contributed by atoms with Crippen molar-refractivity contribution in [2.24, 2.45) is 5.73 Å². The van der Waals surface area contributed by atoms with Crippen molar-refractivity contribution >= 4 is 23.2 Å². The molecule has 0 saturated carbocycles.